The van der Waals surface area contributed by atoms with E-state index in [1.54, 1.807) is 48.5 Å². The van der Waals surface area contributed by atoms with E-state index in [0.717, 1.165) is 11.1 Å². The van der Waals surface area contributed by atoms with Crippen molar-refractivity contribution in [3.63, 3.8) is 0 Å². The van der Waals surface area contributed by atoms with E-state index < -0.39 is 11.6 Å². The van der Waals surface area contributed by atoms with Crippen LogP contribution in [0.2, 0.25) is 0 Å². The van der Waals surface area contributed by atoms with Crippen LogP contribution in [0.4, 0.5) is 13.2 Å². The lowest BCUT2D eigenvalue weighted by Gasteiger charge is -2.11. The smallest absolute Gasteiger partial charge is 0.166 e. The quantitative estimate of drug-likeness (QED) is 0.244. The molecule has 2 nitrogen and oxygen atoms in total. The highest BCUT2D eigenvalue weighted by atomic mass is 19.2. The molecule has 0 amide bonds. The normalized spacial score (nSPS) is 10.9. The van der Waals surface area contributed by atoms with Gasteiger partial charge in [-0.05, 0) is 73.2 Å². The summed E-state index contributed by atoms with van der Waals surface area (Å²) in [4.78, 5) is 0. The van der Waals surface area contributed by atoms with Crippen LogP contribution < -0.4 is 9.47 Å². The van der Waals surface area contributed by atoms with Gasteiger partial charge in [-0.1, -0.05) is 48.5 Å². The Kier molecular flexibility index (Phi) is 7.76. The summed E-state index contributed by atoms with van der Waals surface area (Å²) >= 11 is 0. The maximum atomic E-state index is 14.8. The molecule has 0 saturated heterocycles. The molecule has 0 spiro atoms. The fraction of sp³-hybridized carbons (Fsp3) is 0.200. The Morgan fingerprint density at radius 1 is 0.571 bits per heavy atom. The maximum absolute atomic E-state index is 14.8. The van der Waals surface area contributed by atoms with Crippen LogP contribution in [-0.4, -0.2) is 13.2 Å². The number of hydrogen-bond donors (Lipinski definition) is 0. The Morgan fingerprint density at radius 2 is 1.14 bits per heavy atom. The highest BCUT2D eigenvalue weighted by molar-refractivity contribution is 5.66. The van der Waals surface area contributed by atoms with E-state index in [0.29, 0.717) is 54.2 Å². The average molecular weight is 477 g/mol. The summed E-state index contributed by atoms with van der Waals surface area (Å²) in [6.45, 7) is 4.75. The maximum Gasteiger partial charge on any atom is 0.166 e. The van der Waals surface area contributed by atoms with Crippen molar-refractivity contribution in [1.82, 2.24) is 0 Å². The third-order valence-corrected chi connectivity index (χ3v) is 5.84. The first-order valence-corrected chi connectivity index (χ1v) is 11.7. The fourth-order valence-corrected chi connectivity index (χ4v) is 4.02. The van der Waals surface area contributed by atoms with E-state index >= 15 is 0 Å². The highest BCUT2D eigenvalue weighted by Crippen LogP contribution is 2.29. The summed E-state index contributed by atoms with van der Waals surface area (Å²) in [6.07, 6.45) is 0.883. The van der Waals surface area contributed by atoms with Gasteiger partial charge in [0.2, 0.25) is 0 Å². The summed E-state index contributed by atoms with van der Waals surface area (Å²) in [6, 6.07) is 22.4. The molecule has 0 aliphatic rings. The molecule has 0 heterocycles. The molecule has 0 fully saturated rings. The van der Waals surface area contributed by atoms with Gasteiger partial charge in [-0.3, -0.25) is 0 Å². The zero-order chi connectivity index (χ0) is 24.8. The number of aryl methyl sites for hydroxylation is 2. The molecule has 4 aromatic rings. The van der Waals surface area contributed by atoms with E-state index in [9.17, 15) is 13.2 Å². The molecule has 4 rings (SSSR count). The lowest BCUT2D eigenvalue weighted by molar-refractivity contribution is 0.338. The van der Waals surface area contributed by atoms with E-state index in [1.165, 1.54) is 6.07 Å². The lowest BCUT2D eigenvalue weighted by Crippen LogP contribution is -2.00. The minimum atomic E-state index is -0.854. The Bertz CT molecular complexity index is 1280. The molecule has 0 aliphatic heterocycles. The van der Waals surface area contributed by atoms with Crippen LogP contribution in [0.1, 0.15) is 25.0 Å². The lowest BCUT2D eigenvalue weighted by atomic mass is 9.97. The number of halogens is 3. The number of rotatable bonds is 9. The van der Waals surface area contributed by atoms with Crippen LogP contribution in [0, 0.1) is 17.5 Å². The van der Waals surface area contributed by atoms with Crippen molar-refractivity contribution >= 4 is 0 Å². The average Bonchev–Trinajstić information content (AvgIpc) is 2.87. The van der Waals surface area contributed by atoms with Crippen LogP contribution in [0.3, 0.4) is 0 Å². The van der Waals surface area contributed by atoms with Crippen LogP contribution >= 0.6 is 0 Å². The molecule has 0 N–H and O–H groups in total. The summed E-state index contributed by atoms with van der Waals surface area (Å²) in [5.41, 5.74) is 3.31. The van der Waals surface area contributed by atoms with Crippen molar-refractivity contribution in [2.24, 2.45) is 0 Å². The van der Waals surface area contributed by atoms with Crippen LogP contribution in [-0.2, 0) is 12.8 Å². The first kappa shape index (κ1) is 24.4. The van der Waals surface area contributed by atoms with Crippen molar-refractivity contribution in [3.8, 4) is 33.8 Å². The molecular formula is C30H27F3O2. The summed E-state index contributed by atoms with van der Waals surface area (Å²) in [5, 5.41) is 0. The van der Waals surface area contributed by atoms with Gasteiger partial charge in [-0.2, -0.15) is 0 Å². The van der Waals surface area contributed by atoms with Gasteiger partial charge in [0.1, 0.15) is 17.3 Å². The predicted octanol–water partition coefficient (Wildman–Crippen LogP) is 8.02. The minimum absolute atomic E-state index is 0.219. The third kappa shape index (κ3) is 5.68. The molecule has 0 radical (unpaired) electrons. The van der Waals surface area contributed by atoms with Crippen LogP contribution in [0.5, 0.6) is 11.5 Å². The largest absolute Gasteiger partial charge is 0.494 e. The Labute approximate surface area is 204 Å². The zero-order valence-corrected chi connectivity index (χ0v) is 19.8. The molecule has 0 aromatic heterocycles. The van der Waals surface area contributed by atoms with Crippen molar-refractivity contribution in [2.75, 3.05) is 13.2 Å². The molecular weight excluding hydrogens is 449 g/mol. The number of hydrogen-bond acceptors (Lipinski definition) is 2. The second-order valence-corrected chi connectivity index (χ2v) is 8.13. The summed E-state index contributed by atoms with van der Waals surface area (Å²) in [7, 11) is 0. The molecule has 0 saturated carbocycles. The van der Waals surface area contributed by atoms with Gasteiger partial charge in [-0.15, -0.1) is 0 Å². The van der Waals surface area contributed by atoms with Crippen molar-refractivity contribution in [3.05, 3.63) is 107 Å². The molecule has 5 heteroatoms. The van der Waals surface area contributed by atoms with Crippen molar-refractivity contribution < 1.29 is 22.6 Å². The molecule has 0 bridgehead atoms. The van der Waals surface area contributed by atoms with Gasteiger partial charge in [0.05, 0.1) is 13.2 Å². The zero-order valence-electron chi connectivity index (χ0n) is 19.8. The minimum Gasteiger partial charge on any atom is -0.494 e. The monoisotopic (exact) mass is 476 g/mol. The Balaban J connectivity index is 1.44. The number of benzene rings is 4. The SMILES string of the molecule is CCOc1ccc(-c2ccc(CCc3ccc(-c4ccc(OCC)cc4F)cc3)c(F)c2F)cc1. The highest BCUT2D eigenvalue weighted by Gasteiger charge is 2.15. The van der Waals surface area contributed by atoms with Gasteiger partial charge in [0.25, 0.3) is 0 Å². The van der Waals surface area contributed by atoms with E-state index in [4.69, 9.17) is 9.47 Å². The first-order valence-electron chi connectivity index (χ1n) is 11.7. The molecule has 180 valence electrons. The molecule has 4 aromatic carbocycles. The van der Waals surface area contributed by atoms with Crippen LogP contribution in [0.15, 0.2) is 78.9 Å². The number of ether oxygens (including phenoxy) is 2. The fourth-order valence-electron chi connectivity index (χ4n) is 4.02. The van der Waals surface area contributed by atoms with E-state index in [2.05, 4.69) is 0 Å². The Morgan fingerprint density at radius 3 is 1.80 bits per heavy atom. The van der Waals surface area contributed by atoms with Crippen molar-refractivity contribution in [2.45, 2.75) is 26.7 Å². The summed E-state index contributed by atoms with van der Waals surface area (Å²) in [5.74, 6) is -0.857. The van der Waals surface area contributed by atoms with Crippen molar-refractivity contribution in [1.29, 1.82) is 0 Å². The Hall–Kier alpha value is -3.73. The van der Waals surface area contributed by atoms with Gasteiger partial charge in [0, 0.05) is 17.2 Å². The van der Waals surface area contributed by atoms with Crippen LogP contribution in [0.25, 0.3) is 22.3 Å². The van der Waals surface area contributed by atoms with Gasteiger partial charge >= 0.3 is 0 Å². The topological polar surface area (TPSA) is 18.5 Å². The predicted molar refractivity (Wildman–Crippen MR) is 133 cm³/mol. The van der Waals surface area contributed by atoms with Gasteiger partial charge in [0.15, 0.2) is 11.6 Å². The third-order valence-electron chi connectivity index (χ3n) is 5.84. The van der Waals surface area contributed by atoms with Gasteiger partial charge in [-0.25, -0.2) is 13.2 Å². The second-order valence-electron chi connectivity index (χ2n) is 8.13. The van der Waals surface area contributed by atoms with E-state index in [-0.39, 0.29) is 11.4 Å². The molecule has 0 atom stereocenters. The molecule has 35 heavy (non-hydrogen) atoms. The second kappa shape index (κ2) is 11.1. The summed E-state index contributed by atoms with van der Waals surface area (Å²) < 4.78 is 54.8. The standard InChI is InChI=1S/C30H27F3O2/c1-3-34-24-14-11-22(12-15-24)27-17-13-23(29(32)30(27)33)10-7-20-5-8-21(9-6-20)26-18-16-25(35-4-2)19-28(26)31/h5-6,8-9,11-19H,3-4,7,10H2,1-2H3. The van der Waals surface area contributed by atoms with E-state index in [1.807, 2.05) is 38.1 Å². The molecule has 0 unspecified atom stereocenters. The first-order chi connectivity index (χ1) is 17.0. The molecule has 0 aliphatic carbocycles. The van der Waals surface area contributed by atoms with Gasteiger partial charge < -0.3 is 9.47 Å².